The van der Waals surface area contributed by atoms with Crippen molar-refractivity contribution in [2.24, 2.45) is 0 Å². The molecule has 0 aliphatic carbocycles. The van der Waals surface area contributed by atoms with Crippen molar-refractivity contribution in [1.29, 1.82) is 0 Å². The molecule has 2 aromatic carbocycles. The molecule has 5 heteroatoms. The molecule has 0 fully saturated rings. The van der Waals surface area contributed by atoms with Crippen LogP contribution in [0.25, 0.3) is 11.1 Å². The van der Waals surface area contributed by atoms with Crippen LogP contribution in [0.1, 0.15) is 5.56 Å². The number of nitrogens with one attached hydrogen (secondary N) is 1. The van der Waals surface area contributed by atoms with Crippen molar-refractivity contribution in [3.8, 4) is 11.1 Å². The van der Waals surface area contributed by atoms with Crippen LogP contribution < -0.4 is 5.32 Å². The van der Waals surface area contributed by atoms with E-state index in [0.29, 0.717) is 27.7 Å². The third-order valence-corrected chi connectivity index (χ3v) is 4.02. The van der Waals surface area contributed by atoms with E-state index >= 15 is 0 Å². The van der Waals surface area contributed by atoms with Crippen LogP contribution in [0, 0.1) is 11.6 Å². The summed E-state index contributed by atoms with van der Waals surface area (Å²) in [6, 6.07) is 7.56. The molecule has 2 rings (SSSR count). The first-order chi connectivity index (χ1) is 9.04. The molecule has 0 amide bonds. The minimum absolute atomic E-state index is 0.0252. The Hall–Kier alpha value is -0.970. The third-order valence-electron chi connectivity index (χ3n) is 2.76. The van der Waals surface area contributed by atoms with Crippen molar-refractivity contribution in [3.63, 3.8) is 0 Å². The third kappa shape index (κ3) is 2.96. The summed E-state index contributed by atoms with van der Waals surface area (Å²) in [5.41, 5.74) is 1.67. The molecule has 0 bridgehead atoms. The highest BCUT2D eigenvalue weighted by Gasteiger charge is 2.14. The molecule has 1 N–H and O–H groups in total. The zero-order chi connectivity index (χ0) is 14.0. The molecule has 0 saturated heterocycles. The Labute approximate surface area is 123 Å². The smallest absolute Gasteiger partial charge is 0.150 e. The van der Waals surface area contributed by atoms with E-state index in [0.717, 1.165) is 0 Å². The van der Waals surface area contributed by atoms with Gasteiger partial charge < -0.3 is 5.32 Å². The summed E-state index contributed by atoms with van der Waals surface area (Å²) in [5, 5.41) is 2.96. The molecule has 19 heavy (non-hydrogen) atoms. The van der Waals surface area contributed by atoms with Crippen LogP contribution in [0.5, 0.6) is 0 Å². The van der Waals surface area contributed by atoms with Gasteiger partial charge in [-0.15, -0.1) is 0 Å². The predicted molar refractivity (Wildman–Crippen MR) is 77.3 cm³/mol. The quantitative estimate of drug-likeness (QED) is 0.790. The van der Waals surface area contributed by atoms with Gasteiger partial charge in [-0.25, -0.2) is 8.78 Å². The van der Waals surface area contributed by atoms with E-state index in [1.165, 1.54) is 12.1 Å². The zero-order valence-corrected chi connectivity index (χ0v) is 12.4. The first-order valence-corrected chi connectivity index (χ1v) is 6.78. The lowest BCUT2D eigenvalue weighted by atomic mass is 9.99. The first kappa shape index (κ1) is 14.4. The maximum atomic E-state index is 14.2. The van der Waals surface area contributed by atoms with Crippen molar-refractivity contribution < 1.29 is 8.78 Å². The highest BCUT2D eigenvalue weighted by molar-refractivity contribution is 9.10. The monoisotopic (exact) mass is 345 g/mol. The summed E-state index contributed by atoms with van der Waals surface area (Å²) in [5.74, 6) is -0.863. The van der Waals surface area contributed by atoms with Gasteiger partial charge in [0, 0.05) is 16.6 Å². The van der Waals surface area contributed by atoms with Crippen LogP contribution in [0.3, 0.4) is 0 Å². The van der Waals surface area contributed by atoms with E-state index < -0.39 is 5.82 Å². The number of hydrogen-bond donors (Lipinski definition) is 1. The topological polar surface area (TPSA) is 12.0 Å². The summed E-state index contributed by atoms with van der Waals surface area (Å²) >= 11 is 9.05. The van der Waals surface area contributed by atoms with E-state index in [9.17, 15) is 8.78 Å². The van der Waals surface area contributed by atoms with Crippen molar-refractivity contribution in [2.75, 3.05) is 7.05 Å². The fourth-order valence-corrected chi connectivity index (χ4v) is 2.37. The van der Waals surface area contributed by atoms with Crippen LogP contribution in [0.4, 0.5) is 8.78 Å². The van der Waals surface area contributed by atoms with Gasteiger partial charge in [-0.2, -0.15) is 0 Å². The van der Waals surface area contributed by atoms with Gasteiger partial charge in [0.25, 0.3) is 0 Å². The lowest BCUT2D eigenvalue weighted by molar-refractivity contribution is 0.621. The molecule has 100 valence electrons. The highest BCUT2D eigenvalue weighted by atomic mass is 79.9. The van der Waals surface area contributed by atoms with E-state index in [1.54, 1.807) is 25.2 Å². The molecule has 0 aromatic heterocycles. The summed E-state index contributed by atoms with van der Waals surface area (Å²) < 4.78 is 28.0. The zero-order valence-electron chi connectivity index (χ0n) is 10.1. The first-order valence-electron chi connectivity index (χ1n) is 5.61. The van der Waals surface area contributed by atoms with Crippen LogP contribution >= 0.6 is 27.5 Å². The van der Waals surface area contributed by atoms with Crippen LogP contribution in [-0.2, 0) is 6.54 Å². The largest absolute Gasteiger partial charge is 0.316 e. The van der Waals surface area contributed by atoms with Gasteiger partial charge in [-0.05, 0) is 52.3 Å². The fraction of sp³-hybridized carbons (Fsp3) is 0.143. The second kappa shape index (κ2) is 5.99. The number of benzene rings is 2. The van der Waals surface area contributed by atoms with Gasteiger partial charge in [0.05, 0.1) is 5.02 Å². The van der Waals surface area contributed by atoms with Crippen molar-refractivity contribution >= 4 is 27.5 Å². The lowest BCUT2D eigenvalue weighted by Crippen LogP contribution is -2.07. The molecule has 0 aliphatic rings. The molecule has 0 saturated carbocycles. The number of halogens is 4. The maximum Gasteiger partial charge on any atom is 0.150 e. The molecule has 0 heterocycles. The van der Waals surface area contributed by atoms with Gasteiger partial charge >= 0.3 is 0 Å². The minimum atomic E-state index is -0.514. The van der Waals surface area contributed by atoms with Gasteiger partial charge in [-0.3, -0.25) is 0 Å². The van der Waals surface area contributed by atoms with Gasteiger partial charge in [0.1, 0.15) is 5.82 Å². The standard InChI is InChI=1S/C14H11BrClF2N/c1-19-7-8-6-9(17)2-3-10(8)11-4-5-12(15)13(16)14(11)18/h2-6,19H,7H2,1H3. The molecule has 1 nitrogen and oxygen atoms in total. The second-order valence-electron chi connectivity index (χ2n) is 4.05. The molecular formula is C14H11BrClF2N. The summed E-state index contributed by atoms with van der Waals surface area (Å²) in [7, 11) is 1.75. The Morgan fingerprint density at radius 3 is 2.53 bits per heavy atom. The SMILES string of the molecule is CNCc1cc(F)ccc1-c1ccc(Br)c(Cl)c1F. The van der Waals surface area contributed by atoms with E-state index in [1.807, 2.05) is 0 Å². The molecular weight excluding hydrogens is 336 g/mol. The van der Waals surface area contributed by atoms with E-state index in [-0.39, 0.29) is 10.8 Å². The highest BCUT2D eigenvalue weighted by Crippen LogP contribution is 2.34. The second-order valence-corrected chi connectivity index (χ2v) is 5.29. The Morgan fingerprint density at radius 1 is 1.16 bits per heavy atom. The average molecular weight is 347 g/mol. The van der Waals surface area contributed by atoms with Gasteiger partial charge in [0.2, 0.25) is 0 Å². The molecule has 0 atom stereocenters. The summed E-state index contributed by atoms with van der Waals surface area (Å²) in [4.78, 5) is 0. The van der Waals surface area contributed by atoms with Crippen LogP contribution in [0.2, 0.25) is 5.02 Å². The minimum Gasteiger partial charge on any atom is -0.316 e. The lowest BCUT2D eigenvalue weighted by Gasteiger charge is -2.12. The van der Waals surface area contributed by atoms with Crippen molar-refractivity contribution in [3.05, 3.63) is 57.0 Å². The van der Waals surface area contributed by atoms with E-state index in [2.05, 4.69) is 21.2 Å². The Balaban J connectivity index is 2.62. The van der Waals surface area contributed by atoms with E-state index in [4.69, 9.17) is 11.6 Å². The number of hydrogen-bond acceptors (Lipinski definition) is 1. The maximum absolute atomic E-state index is 14.2. The Morgan fingerprint density at radius 2 is 1.84 bits per heavy atom. The van der Waals surface area contributed by atoms with Crippen LogP contribution in [0.15, 0.2) is 34.8 Å². The molecule has 0 unspecified atom stereocenters. The molecule has 0 radical (unpaired) electrons. The van der Waals surface area contributed by atoms with Gasteiger partial charge in [0.15, 0.2) is 5.82 Å². The van der Waals surface area contributed by atoms with Crippen molar-refractivity contribution in [1.82, 2.24) is 5.32 Å². The molecule has 2 aromatic rings. The molecule has 0 aliphatic heterocycles. The summed E-state index contributed by atoms with van der Waals surface area (Å²) in [6.45, 7) is 0.445. The predicted octanol–water partition coefficient (Wildman–Crippen LogP) is 4.77. The Bertz CT molecular complexity index is 617. The van der Waals surface area contributed by atoms with Crippen molar-refractivity contribution in [2.45, 2.75) is 6.54 Å². The number of rotatable bonds is 3. The molecule has 0 spiro atoms. The Kier molecular flexibility index (Phi) is 4.55. The normalized spacial score (nSPS) is 10.8. The van der Waals surface area contributed by atoms with Crippen LogP contribution in [-0.4, -0.2) is 7.05 Å². The fourth-order valence-electron chi connectivity index (χ4n) is 1.90. The average Bonchev–Trinajstić information content (AvgIpc) is 2.38. The summed E-state index contributed by atoms with van der Waals surface area (Å²) in [6.07, 6.45) is 0. The van der Waals surface area contributed by atoms with Gasteiger partial charge in [-0.1, -0.05) is 23.7 Å².